The summed E-state index contributed by atoms with van der Waals surface area (Å²) in [5, 5.41) is 9.46. The van der Waals surface area contributed by atoms with Crippen molar-refractivity contribution in [3.63, 3.8) is 0 Å². The normalized spacial score (nSPS) is 10.2. The second-order valence-electron chi connectivity index (χ2n) is 5.65. The van der Waals surface area contributed by atoms with Crippen LogP contribution in [0, 0.1) is 11.3 Å². The number of hydrogen-bond acceptors (Lipinski definition) is 2. The molecule has 2 heteroatoms. The largest absolute Gasteiger partial charge is 0.488 e. The molecule has 0 bridgehead atoms. The van der Waals surface area contributed by atoms with Crippen LogP contribution in [-0.2, 0) is 13.0 Å². The van der Waals surface area contributed by atoms with Crippen LogP contribution in [0.15, 0.2) is 72.8 Å². The Kier molecular flexibility index (Phi) is 4.93. The molecule has 0 aliphatic heterocycles. The van der Waals surface area contributed by atoms with Gasteiger partial charge in [0, 0.05) is 0 Å². The fraction of sp³-hybridized carbons (Fsp3) is 0.136. The molecule has 2 nitrogen and oxygen atoms in total. The zero-order chi connectivity index (χ0) is 16.8. The number of aryl methyl sites for hydroxylation is 1. The minimum absolute atomic E-state index is 0.459. The Labute approximate surface area is 143 Å². The van der Waals surface area contributed by atoms with Gasteiger partial charge in [0.15, 0.2) is 0 Å². The first-order valence-electron chi connectivity index (χ1n) is 8.10. The van der Waals surface area contributed by atoms with E-state index < -0.39 is 0 Å². The Bertz CT molecular complexity index is 863. The van der Waals surface area contributed by atoms with Crippen molar-refractivity contribution < 1.29 is 4.74 Å². The maximum absolute atomic E-state index is 9.46. The van der Waals surface area contributed by atoms with Crippen LogP contribution in [0.2, 0.25) is 0 Å². The molecule has 3 aromatic carbocycles. The molecular weight excluding hydrogens is 294 g/mol. The van der Waals surface area contributed by atoms with Gasteiger partial charge in [0.2, 0.25) is 0 Å². The molecule has 0 saturated carbocycles. The molecule has 3 rings (SSSR count). The van der Waals surface area contributed by atoms with Gasteiger partial charge in [-0.2, -0.15) is 5.26 Å². The zero-order valence-corrected chi connectivity index (χ0v) is 13.7. The quantitative estimate of drug-likeness (QED) is 0.634. The molecular formula is C22H19NO. The first-order chi connectivity index (χ1) is 11.8. The van der Waals surface area contributed by atoms with Crippen LogP contribution in [-0.4, -0.2) is 0 Å². The Morgan fingerprint density at radius 1 is 0.833 bits per heavy atom. The average molecular weight is 313 g/mol. The molecule has 0 fully saturated rings. The summed E-state index contributed by atoms with van der Waals surface area (Å²) < 4.78 is 5.83. The van der Waals surface area contributed by atoms with Gasteiger partial charge in [-0.1, -0.05) is 67.6 Å². The number of nitriles is 1. The maximum atomic E-state index is 9.46. The van der Waals surface area contributed by atoms with Gasteiger partial charge in [-0.05, 0) is 40.8 Å². The van der Waals surface area contributed by atoms with E-state index in [4.69, 9.17) is 4.74 Å². The summed E-state index contributed by atoms with van der Waals surface area (Å²) in [6.07, 6.45) is 0.997. The van der Waals surface area contributed by atoms with Crippen molar-refractivity contribution in [3.8, 4) is 22.9 Å². The third-order valence-corrected chi connectivity index (χ3v) is 4.01. The van der Waals surface area contributed by atoms with E-state index in [9.17, 15) is 5.26 Å². The van der Waals surface area contributed by atoms with Crippen LogP contribution in [0.5, 0.6) is 5.75 Å². The van der Waals surface area contributed by atoms with Crippen LogP contribution >= 0.6 is 0 Å². The van der Waals surface area contributed by atoms with Crippen molar-refractivity contribution in [1.82, 2.24) is 0 Å². The number of benzene rings is 3. The van der Waals surface area contributed by atoms with E-state index in [1.807, 2.05) is 48.5 Å². The monoisotopic (exact) mass is 313 g/mol. The maximum Gasteiger partial charge on any atom is 0.137 e. The highest BCUT2D eigenvalue weighted by atomic mass is 16.5. The van der Waals surface area contributed by atoms with E-state index in [1.165, 1.54) is 5.56 Å². The van der Waals surface area contributed by atoms with E-state index in [-0.39, 0.29) is 0 Å². The smallest absolute Gasteiger partial charge is 0.137 e. The fourth-order valence-electron chi connectivity index (χ4n) is 2.63. The number of nitrogens with zero attached hydrogens (tertiary/aromatic N) is 1. The van der Waals surface area contributed by atoms with Gasteiger partial charge in [-0.25, -0.2) is 0 Å². The highest BCUT2D eigenvalue weighted by Crippen LogP contribution is 2.27. The van der Waals surface area contributed by atoms with Crippen LogP contribution < -0.4 is 4.74 Å². The van der Waals surface area contributed by atoms with Crippen molar-refractivity contribution >= 4 is 0 Å². The Hall–Kier alpha value is -3.05. The summed E-state index contributed by atoms with van der Waals surface area (Å²) in [5.74, 6) is 0.622. The summed E-state index contributed by atoms with van der Waals surface area (Å²) in [5.41, 5.74) is 5.09. The first-order valence-corrected chi connectivity index (χ1v) is 8.10. The van der Waals surface area contributed by atoms with Gasteiger partial charge >= 0.3 is 0 Å². The average Bonchev–Trinajstić information content (AvgIpc) is 2.67. The van der Waals surface area contributed by atoms with E-state index in [1.54, 1.807) is 0 Å². The standard InChI is InChI=1S/C22H19NO/c1-2-17-9-6-10-19(13-17)20-11-12-22(21(14-20)15-23)24-16-18-7-4-3-5-8-18/h3-14H,2,16H2,1H3. The molecule has 0 aliphatic carbocycles. The molecule has 0 amide bonds. The lowest BCUT2D eigenvalue weighted by molar-refractivity contribution is 0.305. The highest BCUT2D eigenvalue weighted by Gasteiger charge is 2.07. The van der Waals surface area contributed by atoms with E-state index in [2.05, 4.69) is 37.3 Å². The number of ether oxygens (including phenoxy) is 1. The second-order valence-corrected chi connectivity index (χ2v) is 5.65. The highest BCUT2D eigenvalue weighted by molar-refractivity contribution is 5.67. The van der Waals surface area contributed by atoms with Gasteiger partial charge in [0.05, 0.1) is 5.56 Å². The molecule has 0 spiro atoms. The molecule has 0 saturated heterocycles. The molecule has 24 heavy (non-hydrogen) atoms. The summed E-state index contributed by atoms with van der Waals surface area (Å²) in [6, 6.07) is 26.4. The van der Waals surface area contributed by atoms with Crippen molar-refractivity contribution in [3.05, 3.63) is 89.5 Å². The summed E-state index contributed by atoms with van der Waals surface area (Å²) >= 11 is 0. The SMILES string of the molecule is CCc1cccc(-c2ccc(OCc3ccccc3)c(C#N)c2)c1. The lowest BCUT2D eigenvalue weighted by atomic mass is 10.00. The third-order valence-electron chi connectivity index (χ3n) is 4.01. The van der Waals surface area contributed by atoms with Crippen LogP contribution in [0.1, 0.15) is 23.6 Å². The van der Waals surface area contributed by atoms with Crippen molar-refractivity contribution in [2.75, 3.05) is 0 Å². The van der Waals surface area contributed by atoms with Gasteiger partial charge < -0.3 is 4.74 Å². The number of rotatable bonds is 5. The zero-order valence-electron chi connectivity index (χ0n) is 13.7. The summed E-state index contributed by atoms with van der Waals surface area (Å²) in [7, 11) is 0. The van der Waals surface area contributed by atoms with E-state index in [0.717, 1.165) is 23.1 Å². The molecule has 0 atom stereocenters. The predicted molar refractivity (Wildman–Crippen MR) is 96.7 cm³/mol. The van der Waals surface area contributed by atoms with Gasteiger partial charge in [-0.15, -0.1) is 0 Å². The molecule has 0 aliphatic rings. The van der Waals surface area contributed by atoms with Gasteiger partial charge in [0.25, 0.3) is 0 Å². The van der Waals surface area contributed by atoms with Crippen molar-refractivity contribution in [2.45, 2.75) is 20.0 Å². The first kappa shape index (κ1) is 15.8. The van der Waals surface area contributed by atoms with Crippen molar-refractivity contribution in [1.29, 1.82) is 5.26 Å². The van der Waals surface area contributed by atoms with Gasteiger partial charge in [0.1, 0.15) is 18.4 Å². The molecule has 118 valence electrons. The molecule has 0 radical (unpaired) electrons. The molecule has 3 aromatic rings. The second kappa shape index (κ2) is 7.48. The van der Waals surface area contributed by atoms with E-state index in [0.29, 0.717) is 17.9 Å². The summed E-state index contributed by atoms with van der Waals surface area (Å²) in [4.78, 5) is 0. The predicted octanol–water partition coefficient (Wildman–Crippen LogP) is 5.37. The van der Waals surface area contributed by atoms with Crippen LogP contribution in [0.25, 0.3) is 11.1 Å². The minimum atomic E-state index is 0.459. The molecule has 0 aromatic heterocycles. The third kappa shape index (κ3) is 3.64. The molecule has 0 N–H and O–H groups in total. The lowest BCUT2D eigenvalue weighted by Crippen LogP contribution is -1.97. The van der Waals surface area contributed by atoms with Crippen LogP contribution in [0.4, 0.5) is 0 Å². The van der Waals surface area contributed by atoms with Crippen LogP contribution in [0.3, 0.4) is 0 Å². The molecule has 0 heterocycles. The Balaban J connectivity index is 1.84. The van der Waals surface area contributed by atoms with Crippen molar-refractivity contribution in [2.24, 2.45) is 0 Å². The lowest BCUT2D eigenvalue weighted by Gasteiger charge is -2.10. The van der Waals surface area contributed by atoms with Gasteiger partial charge in [-0.3, -0.25) is 0 Å². The number of hydrogen-bond donors (Lipinski definition) is 0. The Morgan fingerprint density at radius 3 is 2.33 bits per heavy atom. The summed E-state index contributed by atoms with van der Waals surface area (Å²) in [6.45, 7) is 2.60. The topological polar surface area (TPSA) is 33.0 Å². The minimum Gasteiger partial charge on any atom is -0.488 e. The van der Waals surface area contributed by atoms with E-state index >= 15 is 0 Å². The fourth-order valence-corrected chi connectivity index (χ4v) is 2.63. The molecule has 0 unspecified atom stereocenters. The Morgan fingerprint density at radius 2 is 1.58 bits per heavy atom.